The zero-order valence-corrected chi connectivity index (χ0v) is 9.14. The monoisotopic (exact) mass is 210 g/mol. The van der Waals surface area contributed by atoms with E-state index in [0.29, 0.717) is 12.4 Å². The van der Waals surface area contributed by atoms with Crippen molar-refractivity contribution >= 4 is 5.82 Å². The van der Waals surface area contributed by atoms with Gasteiger partial charge in [-0.2, -0.15) is 0 Å². The molecule has 0 spiro atoms. The lowest BCUT2D eigenvalue weighted by atomic mass is 10.2. The van der Waals surface area contributed by atoms with Crippen molar-refractivity contribution in [2.24, 2.45) is 5.84 Å². The highest BCUT2D eigenvalue weighted by molar-refractivity contribution is 5.33. The first-order valence-corrected chi connectivity index (χ1v) is 4.90. The number of likely N-dealkylation sites (N-methyl/N-ethyl adjacent to an activating group) is 1. The van der Waals surface area contributed by atoms with Crippen LogP contribution in [0.5, 0.6) is 0 Å². The molecule has 0 bridgehead atoms. The van der Waals surface area contributed by atoms with Gasteiger partial charge in [-0.3, -0.25) is 4.90 Å². The Balaban J connectivity index is 2.49. The van der Waals surface area contributed by atoms with Crippen molar-refractivity contribution in [3.8, 4) is 0 Å². The molecule has 5 nitrogen and oxygen atoms in total. The van der Waals surface area contributed by atoms with E-state index in [1.165, 1.54) is 0 Å². The number of nitrogens with zero attached hydrogens (tertiary/aromatic N) is 2. The standard InChI is InChI=1S/C10H18N4O/c1-8(15)6-14(2)7-9-3-4-10(13-11)12-5-9/h3-5,8,15H,6-7,11H2,1-2H3,(H,12,13). The molecule has 0 saturated heterocycles. The molecule has 0 amide bonds. The highest BCUT2D eigenvalue weighted by Gasteiger charge is 2.03. The van der Waals surface area contributed by atoms with Crippen molar-refractivity contribution in [3.05, 3.63) is 23.9 Å². The van der Waals surface area contributed by atoms with E-state index < -0.39 is 0 Å². The number of nitrogens with two attached hydrogens (primary N) is 1. The first-order valence-electron chi connectivity index (χ1n) is 4.90. The van der Waals surface area contributed by atoms with Gasteiger partial charge in [0.15, 0.2) is 0 Å². The van der Waals surface area contributed by atoms with Crippen molar-refractivity contribution in [2.75, 3.05) is 19.0 Å². The molecule has 0 aliphatic heterocycles. The van der Waals surface area contributed by atoms with Crippen LogP contribution >= 0.6 is 0 Å². The number of aromatic nitrogens is 1. The van der Waals surface area contributed by atoms with Gasteiger partial charge < -0.3 is 10.5 Å². The van der Waals surface area contributed by atoms with E-state index in [0.717, 1.165) is 12.1 Å². The molecule has 0 aliphatic rings. The van der Waals surface area contributed by atoms with Gasteiger partial charge in [0.2, 0.25) is 0 Å². The number of rotatable bonds is 5. The van der Waals surface area contributed by atoms with Crippen LogP contribution in [0.1, 0.15) is 12.5 Å². The van der Waals surface area contributed by atoms with Gasteiger partial charge in [0.05, 0.1) is 6.10 Å². The summed E-state index contributed by atoms with van der Waals surface area (Å²) in [4.78, 5) is 6.14. The minimum absolute atomic E-state index is 0.312. The van der Waals surface area contributed by atoms with E-state index in [1.807, 2.05) is 24.1 Å². The smallest absolute Gasteiger partial charge is 0.139 e. The summed E-state index contributed by atoms with van der Waals surface area (Å²) in [7, 11) is 1.96. The molecule has 0 radical (unpaired) electrons. The maximum absolute atomic E-state index is 9.20. The van der Waals surface area contributed by atoms with Crippen molar-refractivity contribution < 1.29 is 5.11 Å². The minimum atomic E-state index is -0.312. The van der Waals surface area contributed by atoms with Crippen LogP contribution in [0.2, 0.25) is 0 Å². The van der Waals surface area contributed by atoms with Gasteiger partial charge in [-0.05, 0) is 25.6 Å². The maximum atomic E-state index is 9.20. The molecular weight excluding hydrogens is 192 g/mol. The van der Waals surface area contributed by atoms with Gasteiger partial charge in [0, 0.05) is 19.3 Å². The molecule has 0 saturated carbocycles. The van der Waals surface area contributed by atoms with Gasteiger partial charge in [-0.1, -0.05) is 6.07 Å². The number of nitrogen functional groups attached to an aromatic ring is 1. The van der Waals surface area contributed by atoms with E-state index >= 15 is 0 Å². The second kappa shape index (κ2) is 5.65. The van der Waals surface area contributed by atoms with E-state index in [2.05, 4.69) is 10.4 Å². The van der Waals surface area contributed by atoms with E-state index in [-0.39, 0.29) is 6.10 Å². The Bertz CT molecular complexity index is 286. The zero-order valence-electron chi connectivity index (χ0n) is 9.14. The minimum Gasteiger partial charge on any atom is -0.392 e. The average Bonchev–Trinajstić information content (AvgIpc) is 2.17. The molecule has 0 aliphatic carbocycles. The third-order valence-electron chi connectivity index (χ3n) is 2.00. The molecule has 1 aromatic heterocycles. The first-order chi connectivity index (χ1) is 7.11. The Kier molecular flexibility index (Phi) is 4.48. The second-order valence-electron chi connectivity index (χ2n) is 3.74. The van der Waals surface area contributed by atoms with Crippen LogP contribution in [0.15, 0.2) is 18.3 Å². The van der Waals surface area contributed by atoms with Gasteiger partial charge in [-0.25, -0.2) is 10.8 Å². The molecule has 0 aromatic carbocycles. The normalized spacial score (nSPS) is 12.9. The van der Waals surface area contributed by atoms with E-state index in [1.54, 1.807) is 13.1 Å². The van der Waals surface area contributed by atoms with Crippen LogP contribution in [0, 0.1) is 0 Å². The summed E-state index contributed by atoms with van der Waals surface area (Å²) in [6.45, 7) is 3.19. The lowest BCUT2D eigenvalue weighted by Crippen LogP contribution is -2.26. The summed E-state index contributed by atoms with van der Waals surface area (Å²) in [5, 5.41) is 9.20. The predicted octanol–water partition coefficient (Wildman–Crippen LogP) is 0.180. The number of hydrazine groups is 1. The Morgan fingerprint density at radius 1 is 1.60 bits per heavy atom. The Labute approximate surface area is 89.9 Å². The third-order valence-corrected chi connectivity index (χ3v) is 2.00. The van der Waals surface area contributed by atoms with Crippen molar-refractivity contribution in [1.29, 1.82) is 0 Å². The third kappa shape index (κ3) is 4.24. The Morgan fingerprint density at radius 3 is 2.80 bits per heavy atom. The fraction of sp³-hybridized carbons (Fsp3) is 0.500. The van der Waals surface area contributed by atoms with Gasteiger partial charge in [0.1, 0.15) is 5.82 Å². The fourth-order valence-electron chi connectivity index (χ4n) is 1.43. The van der Waals surface area contributed by atoms with Crippen LogP contribution in [0.4, 0.5) is 5.82 Å². The first kappa shape index (κ1) is 11.9. The highest BCUT2D eigenvalue weighted by atomic mass is 16.3. The van der Waals surface area contributed by atoms with E-state index in [4.69, 9.17) is 5.84 Å². The summed E-state index contributed by atoms with van der Waals surface area (Å²) < 4.78 is 0. The summed E-state index contributed by atoms with van der Waals surface area (Å²) in [6, 6.07) is 3.78. The van der Waals surface area contributed by atoms with E-state index in [9.17, 15) is 5.11 Å². The molecule has 15 heavy (non-hydrogen) atoms. The van der Waals surface area contributed by atoms with Crippen molar-refractivity contribution in [3.63, 3.8) is 0 Å². The molecule has 1 rings (SSSR count). The summed E-state index contributed by atoms with van der Waals surface area (Å²) in [5.74, 6) is 5.86. The number of aliphatic hydroxyl groups is 1. The molecule has 4 N–H and O–H groups in total. The second-order valence-corrected chi connectivity index (χ2v) is 3.74. The molecule has 5 heteroatoms. The molecule has 1 atom stereocenters. The molecule has 84 valence electrons. The van der Waals surface area contributed by atoms with Gasteiger partial charge in [0.25, 0.3) is 0 Å². The summed E-state index contributed by atoms with van der Waals surface area (Å²) >= 11 is 0. The van der Waals surface area contributed by atoms with Crippen LogP contribution in [0.25, 0.3) is 0 Å². The number of anilines is 1. The molecule has 1 unspecified atom stereocenters. The highest BCUT2D eigenvalue weighted by Crippen LogP contribution is 2.06. The van der Waals surface area contributed by atoms with Crippen LogP contribution in [-0.4, -0.2) is 34.7 Å². The lowest BCUT2D eigenvalue weighted by molar-refractivity contribution is 0.138. The molecular formula is C10H18N4O. The molecule has 1 heterocycles. The lowest BCUT2D eigenvalue weighted by Gasteiger charge is -2.18. The molecule has 0 fully saturated rings. The quantitative estimate of drug-likeness (QED) is 0.477. The van der Waals surface area contributed by atoms with Crippen LogP contribution in [0.3, 0.4) is 0 Å². The predicted molar refractivity (Wildman–Crippen MR) is 60.1 cm³/mol. The largest absolute Gasteiger partial charge is 0.392 e. The summed E-state index contributed by atoms with van der Waals surface area (Å²) in [6.07, 6.45) is 1.46. The number of aliphatic hydroxyl groups excluding tert-OH is 1. The van der Waals surface area contributed by atoms with Crippen molar-refractivity contribution in [1.82, 2.24) is 9.88 Å². The molecule has 1 aromatic rings. The zero-order chi connectivity index (χ0) is 11.3. The van der Waals surface area contributed by atoms with Crippen molar-refractivity contribution in [2.45, 2.75) is 19.6 Å². The number of nitrogens with one attached hydrogen (secondary N) is 1. The maximum Gasteiger partial charge on any atom is 0.139 e. The number of hydrogen-bond donors (Lipinski definition) is 3. The fourth-order valence-corrected chi connectivity index (χ4v) is 1.43. The van der Waals surface area contributed by atoms with Crippen LogP contribution in [-0.2, 0) is 6.54 Å². The Morgan fingerprint density at radius 2 is 2.33 bits per heavy atom. The number of hydrogen-bond acceptors (Lipinski definition) is 5. The topological polar surface area (TPSA) is 74.4 Å². The average molecular weight is 210 g/mol. The van der Waals surface area contributed by atoms with Crippen LogP contribution < -0.4 is 11.3 Å². The SMILES string of the molecule is CC(O)CN(C)Cc1ccc(NN)nc1. The summed E-state index contributed by atoms with van der Waals surface area (Å²) in [5.41, 5.74) is 3.57. The number of pyridine rings is 1. The van der Waals surface area contributed by atoms with Gasteiger partial charge in [-0.15, -0.1) is 0 Å². The Hall–Kier alpha value is -1.17. The van der Waals surface area contributed by atoms with Gasteiger partial charge >= 0.3 is 0 Å².